The van der Waals surface area contributed by atoms with E-state index in [0.29, 0.717) is 0 Å². The van der Waals surface area contributed by atoms with E-state index in [0.717, 1.165) is 50.5 Å². The minimum atomic E-state index is 0.907. The Hall–Kier alpha value is -2.89. The van der Waals surface area contributed by atoms with Crippen LogP contribution in [0.3, 0.4) is 0 Å². The molecule has 0 radical (unpaired) electrons. The first-order valence-electron chi connectivity index (χ1n) is 7.94. The van der Waals surface area contributed by atoms with E-state index in [-0.39, 0.29) is 0 Å². The highest BCUT2D eigenvalue weighted by atomic mass is 15.3. The van der Waals surface area contributed by atoms with Crippen LogP contribution in [0.2, 0.25) is 0 Å². The highest BCUT2D eigenvalue weighted by Gasteiger charge is 2.18. The number of fused-ring (bicyclic) bond motifs is 1. The van der Waals surface area contributed by atoms with Gasteiger partial charge in [0.25, 0.3) is 0 Å². The molecule has 0 amide bonds. The molecule has 1 N–H and O–H groups in total. The molecule has 0 saturated heterocycles. The Morgan fingerprint density at radius 1 is 0.875 bits per heavy atom. The molecule has 3 aromatic heterocycles. The minimum Gasteiger partial charge on any atom is -0.342 e. The van der Waals surface area contributed by atoms with Crippen molar-refractivity contribution in [1.82, 2.24) is 29.5 Å². The largest absolute Gasteiger partial charge is 0.342 e. The Morgan fingerprint density at radius 2 is 1.50 bits per heavy atom. The second-order valence-electron chi connectivity index (χ2n) is 6.34. The molecule has 6 nitrogen and oxygen atoms in total. The number of H-pyrrole nitrogens is 1. The molecule has 0 bridgehead atoms. The van der Waals surface area contributed by atoms with Gasteiger partial charge in [-0.15, -0.1) is 0 Å². The third kappa shape index (κ3) is 2.06. The van der Waals surface area contributed by atoms with Crippen molar-refractivity contribution in [1.29, 1.82) is 0 Å². The van der Waals surface area contributed by atoms with E-state index >= 15 is 0 Å². The fourth-order valence-corrected chi connectivity index (χ4v) is 3.45. The first-order chi connectivity index (χ1) is 11.5. The number of imidazole rings is 1. The van der Waals surface area contributed by atoms with E-state index in [1.54, 1.807) is 0 Å². The lowest BCUT2D eigenvalue weighted by atomic mass is 10.0. The lowest BCUT2D eigenvalue weighted by molar-refractivity contribution is 0.774. The average Bonchev–Trinajstić information content (AvgIpc) is 3.16. The molecule has 3 heterocycles. The Bertz CT molecular complexity index is 1020. The maximum atomic E-state index is 4.70. The Kier molecular flexibility index (Phi) is 3.09. The number of hydrogen-bond acceptors (Lipinski definition) is 3. The number of rotatable bonds is 2. The molecule has 24 heavy (non-hydrogen) atoms. The van der Waals surface area contributed by atoms with E-state index in [9.17, 15) is 0 Å². The van der Waals surface area contributed by atoms with Gasteiger partial charge in [-0.3, -0.25) is 9.36 Å². The Morgan fingerprint density at radius 3 is 2.08 bits per heavy atom. The van der Waals surface area contributed by atoms with Crippen molar-refractivity contribution in [2.75, 3.05) is 0 Å². The Balaban J connectivity index is 2.09. The maximum Gasteiger partial charge on any atom is 0.104 e. The summed E-state index contributed by atoms with van der Waals surface area (Å²) in [6, 6.07) is 4.34. The molecule has 0 unspecified atom stereocenters. The lowest BCUT2D eigenvalue weighted by Crippen LogP contribution is -1.98. The van der Waals surface area contributed by atoms with E-state index in [1.165, 1.54) is 0 Å². The molecule has 0 aliphatic carbocycles. The number of hydrogen-bond donors (Lipinski definition) is 1. The monoisotopic (exact) mass is 320 g/mol. The van der Waals surface area contributed by atoms with Gasteiger partial charge in [-0.05, 0) is 44.0 Å². The van der Waals surface area contributed by atoms with Crippen LogP contribution in [0.4, 0.5) is 0 Å². The summed E-state index contributed by atoms with van der Waals surface area (Å²) in [5, 5.41) is 8.77. The summed E-state index contributed by atoms with van der Waals surface area (Å²) in [5.74, 6) is 0.907. The van der Waals surface area contributed by atoms with Gasteiger partial charge in [-0.1, -0.05) is 0 Å². The topological polar surface area (TPSA) is 64.3 Å². The molecule has 0 atom stereocenters. The fraction of sp³-hybridized carbons (Fsp3) is 0.278. The van der Waals surface area contributed by atoms with Gasteiger partial charge in [-0.25, -0.2) is 4.98 Å². The van der Waals surface area contributed by atoms with Gasteiger partial charge < -0.3 is 4.98 Å². The van der Waals surface area contributed by atoms with Crippen LogP contribution in [-0.2, 0) is 14.1 Å². The van der Waals surface area contributed by atoms with Gasteiger partial charge in [-0.2, -0.15) is 10.2 Å². The average molecular weight is 320 g/mol. The molecule has 1 aromatic carbocycles. The summed E-state index contributed by atoms with van der Waals surface area (Å²) in [5.41, 5.74) is 8.71. The van der Waals surface area contributed by atoms with Crippen LogP contribution in [0.25, 0.3) is 33.5 Å². The first kappa shape index (κ1) is 14.7. The van der Waals surface area contributed by atoms with Crippen molar-refractivity contribution in [2.45, 2.75) is 20.8 Å². The van der Waals surface area contributed by atoms with Crippen molar-refractivity contribution in [2.24, 2.45) is 14.1 Å². The maximum absolute atomic E-state index is 4.70. The zero-order valence-electron chi connectivity index (χ0n) is 14.5. The molecule has 122 valence electrons. The third-order valence-electron chi connectivity index (χ3n) is 4.48. The molecule has 0 fully saturated rings. The SMILES string of the molecule is Cc1nc2c(-c3c(C)cnn3C)cc(-c3c(C)cnn3C)cc2[nH]1. The van der Waals surface area contributed by atoms with Gasteiger partial charge in [0.2, 0.25) is 0 Å². The van der Waals surface area contributed by atoms with E-state index in [2.05, 4.69) is 41.2 Å². The minimum absolute atomic E-state index is 0.907. The van der Waals surface area contributed by atoms with E-state index in [4.69, 9.17) is 4.98 Å². The van der Waals surface area contributed by atoms with Gasteiger partial charge in [0, 0.05) is 25.2 Å². The van der Waals surface area contributed by atoms with Gasteiger partial charge in [0.15, 0.2) is 0 Å². The molecule has 6 heteroatoms. The van der Waals surface area contributed by atoms with Crippen molar-refractivity contribution >= 4 is 11.0 Å². The number of aromatic amines is 1. The van der Waals surface area contributed by atoms with Gasteiger partial charge >= 0.3 is 0 Å². The molecule has 0 spiro atoms. The van der Waals surface area contributed by atoms with E-state index < -0.39 is 0 Å². The standard InChI is InChI=1S/C18H20N6/c1-10-8-19-23(4)17(10)13-6-14(18-11(2)9-20-24(18)5)16-15(7-13)21-12(3)22-16/h6-9H,1-5H3,(H,21,22). The summed E-state index contributed by atoms with van der Waals surface area (Å²) in [4.78, 5) is 8.07. The van der Waals surface area contributed by atoms with Crippen molar-refractivity contribution in [3.63, 3.8) is 0 Å². The summed E-state index contributed by atoms with van der Waals surface area (Å²) >= 11 is 0. The second-order valence-corrected chi connectivity index (χ2v) is 6.34. The van der Waals surface area contributed by atoms with Crippen LogP contribution in [0, 0.1) is 20.8 Å². The highest BCUT2D eigenvalue weighted by molar-refractivity contribution is 5.95. The molecular weight excluding hydrogens is 300 g/mol. The fourth-order valence-electron chi connectivity index (χ4n) is 3.45. The molecular formula is C18H20N6. The molecule has 0 saturated carbocycles. The summed E-state index contributed by atoms with van der Waals surface area (Å²) in [6.45, 7) is 6.14. The van der Waals surface area contributed by atoms with Gasteiger partial charge in [0.1, 0.15) is 5.82 Å². The van der Waals surface area contributed by atoms with Crippen LogP contribution in [-0.4, -0.2) is 29.5 Å². The van der Waals surface area contributed by atoms with E-state index in [1.807, 2.05) is 42.8 Å². The number of benzene rings is 1. The number of nitrogens with zero attached hydrogens (tertiary/aromatic N) is 5. The highest BCUT2D eigenvalue weighted by Crippen LogP contribution is 2.35. The quantitative estimate of drug-likeness (QED) is 0.616. The summed E-state index contributed by atoms with van der Waals surface area (Å²) in [7, 11) is 3.94. The number of aromatic nitrogens is 6. The van der Waals surface area contributed by atoms with Crippen LogP contribution in [0.5, 0.6) is 0 Å². The molecule has 4 aromatic rings. The Labute approximate surface area is 140 Å². The number of aryl methyl sites for hydroxylation is 5. The van der Waals surface area contributed by atoms with Crippen LogP contribution >= 0.6 is 0 Å². The third-order valence-corrected chi connectivity index (χ3v) is 4.48. The van der Waals surface area contributed by atoms with Crippen LogP contribution in [0.1, 0.15) is 17.0 Å². The molecule has 0 aliphatic rings. The summed E-state index contributed by atoms with van der Waals surface area (Å²) in [6.07, 6.45) is 3.79. The summed E-state index contributed by atoms with van der Waals surface area (Å²) < 4.78 is 3.83. The second kappa shape index (κ2) is 5.06. The number of nitrogens with one attached hydrogen (secondary N) is 1. The van der Waals surface area contributed by atoms with Crippen LogP contribution in [0.15, 0.2) is 24.5 Å². The van der Waals surface area contributed by atoms with Gasteiger partial charge in [0.05, 0.1) is 34.8 Å². The molecule has 0 aliphatic heterocycles. The predicted octanol–water partition coefficient (Wildman–Crippen LogP) is 3.29. The van der Waals surface area contributed by atoms with Crippen molar-refractivity contribution in [3.8, 4) is 22.5 Å². The van der Waals surface area contributed by atoms with Crippen molar-refractivity contribution < 1.29 is 0 Å². The zero-order valence-corrected chi connectivity index (χ0v) is 14.5. The first-order valence-corrected chi connectivity index (χ1v) is 7.94. The van der Waals surface area contributed by atoms with Crippen LogP contribution < -0.4 is 0 Å². The molecule has 4 rings (SSSR count). The lowest BCUT2D eigenvalue weighted by Gasteiger charge is -2.10. The zero-order chi connectivity index (χ0) is 17.0. The van der Waals surface area contributed by atoms with Crippen molar-refractivity contribution in [3.05, 3.63) is 41.5 Å². The normalized spacial score (nSPS) is 11.5. The predicted molar refractivity (Wildman–Crippen MR) is 94.7 cm³/mol. The smallest absolute Gasteiger partial charge is 0.104 e.